The Balaban J connectivity index is 2.68. The second kappa shape index (κ2) is 6.37. The van der Waals surface area contributed by atoms with Crippen LogP contribution < -0.4 is 0 Å². The van der Waals surface area contributed by atoms with Crippen LogP contribution in [0.25, 0.3) is 0 Å². The molecule has 1 rings (SSSR count). The number of likely N-dealkylation sites (N-methyl/N-ethyl adjacent to an activating group) is 1. The highest BCUT2D eigenvalue weighted by molar-refractivity contribution is 4.90. The number of nitrogens with zero attached hydrogens (tertiary/aromatic N) is 3. The Kier molecular flexibility index (Phi) is 5.42. The molecule has 1 unspecified atom stereocenters. The van der Waals surface area contributed by atoms with Crippen LogP contribution in [0.4, 0.5) is 0 Å². The molecule has 3 nitrogen and oxygen atoms in total. The molecule has 0 aromatic heterocycles. The van der Waals surface area contributed by atoms with Crippen LogP contribution in [0.2, 0.25) is 0 Å². The van der Waals surface area contributed by atoms with E-state index in [1.165, 1.54) is 19.4 Å². The lowest BCUT2D eigenvalue weighted by Crippen LogP contribution is -2.39. The van der Waals surface area contributed by atoms with Crippen molar-refractivity contribution in [2.45, 2.75) is 46.1 Å². The first kappa shape index (κ1) is 14.5. The molecule has 0 radical (unpaired) electrons. The van der Waals surface area contributed by atoms with Gasteiger partial charge in [-0.15, -0.1) is 0 Å². The van der Waals surface area contributed by atoms with Crippen LogP contribution in [0.1, 0.15) is 40.0 Å². The largest absolute Gasteiger partial charge is 0.301 e. The van der Waals surface area contributed by atoms with E-state index in [4.69, 9.17) is 5.26 Å². The number of hydrogen-bond acceptors (Lipinski definition) is 3. The van der Waals surface area contributed by atoms with Crippen LogP contribution in [0.15, 0.2) is 0 Å². The highest BCUT2D eigenvalue weighted by Crippen LogP contribution is 2.24. The van der Waals surface area contributed by atoms with Gasteiger partial charge in [0, 0.05) is 25.7 Å². The van der Waals surface area contributed by atoms with Crippen LogP contribution in [-0.2, 0) is 0 Å². The van der Waals surface area contributed by atoms with Gasteiger partial charge in [-0.3, -0.25) is 0 Å². The van der Waals surface area contributed by atoms with Crippen molar-refractivity contribution in [3.05, 3.63) is 0 Å². The van der Waals surface area contributed by atoms with E-state index in [9.17, 15) is 0 Å². The van der Waals surface area contributed by atoms with Gasteiger partial charge in [-0.1, -0.05) is 27.2 Å². The van der Waals surface area contributed by atoms with E-state index in [1.807, 2.05) is 0 Å². The minimum Gasteiger partial charge on any atom is -0.301 e. The highest BCUT2D eigenvalue weighted by atomic mass is 15.2. The zero-order valence-electron chi connectivity index (χ0n) is 11.9. The van der Waals surface area contributed by atoms with Crippen LogP contribution in [-0.4, -0.2) is 49.1 Å². The van der Waals surface area contributed by atoms with Gasteiger partial charge in [0.1, 0.15) is 0 Å². The summed E-state index contributed by atoms with van der Waals surface area (Å²) < 4.78 is 0. The van der Waals surface area contributed by atoms with Gasteiger partial charge in [0.2, 0.25) is 0 Å². The van der Waals surface area contributed by atoms with Gasteiger partial charge in [0.05, 0.1) is 12.5 Å². The maximum Gasteiger partial charge on any atom is 0.0638 e. The molecule has 1 aliphatic rings. The fraction of sp³-hybridized carbons (Fsp3) is 0.929. The van der Waals surface area contributed by atoms with E-state index in [0.29, 0.717) is 17.9 Å². The Labute approximate surface area is 106 Å². The minimum atomic E-state index is 0.326. The molecule has 0 saturated carbocycles. The quantitative estimate of drug-likeness (QED) is 0.752. The van der Waals surface area contributed by atoms with Crippen molar-refractivity contribution in [2.24, 2.45) is 5.41 Å². The molecule has 0 bridgehead atoms. The molecule has 0 spiro atoms. The van der Waals surface area contributed by atoms with Crippen LogP contribution in [0.5, 0.6) is 0 Å². The summed E-state index contributed by atoms with van der Waals surface area (Å²) in [5, 5.41) is 8.93. The molecule has 1 fully saturated rings. The Hall–Kier alpha value is -0.590. The second-order valence-electron chi connectivity index (χ2n) is 6.18. The van der Waals surface area contributed by atoms with Crippen molar-refractivity contribution >= 4 is 0 Å². The maximum atomic E-state index is 8.93. The lowest BCUT2D eigenvalue weighted by Gasteiger charge is -2.30. The minimum absolute atomic E-state index is 0.326. The van der Waals surface area contributed by atoms with E-state index in [0.717, 1.165) is 19.6 Å². The summed E-state index contributed by atoms with van der Waals surface area (Å²) in [6.07, 6.45) is 3.16. The maximum absolute atomic E-state index is 8.93. The fourth-order valence-corrected chi connectivity index (χ4v) is 2.84. The van der Waals surface area contributed by atoms with E-state index >= 15 is 0 Å². The van der Waals surface area contributed by atoms with Crippen LogP contribution >= 0.6 is 0 Å². The SMILES string of the molecule is CCCCN1CC(CC#N)N(C)CC(C)(C)C1. The first-order valence-electron chi connectivity index (χ1n) is 6.78. The molecule has 3 heteroatoms. The summed E-state index contributed by atoms with van der Waals surface area (Å²) in [4.78, 5) is 4.92. The third-order valence-corrected chi connectivity index (χ3v) is 3.58. The topological polar surface area (TPSA) is 30.3 Å². The number of unbranched alkanes of at least 4 members (excludes halogenated alkanes) is 1. The molecular formula is C14H27N3. The standard InChI is InChI=1S/C14H27N3/c1-5-6-9-17-10-13(7-8-15)16(4)11-14(2,3)12-17/h13H,5-7,9-12H2,1-4H3. The predicted molar refractivity (Wildman–Crippen MR) is 71.8 cm³/mol. The summed E-state index contributed by atoms with van der Waals surface area (Å²) in [5.74, 6) is 0. The first-order chi connectivity index (χ1) is 7.98. The Morgan fingerprint density at radius 1 is 1.35 bits per heavy atom. The average Bonchev–Trinajstić information content (AvgIpc) is 2.33. The molecule has 0 aromatic rings. The third kappa shape index (κ3) is 4.65. The van der Waals surface area contributed by atoms with Crippen molar-refractivity contribution in [1.29, 1.82) is 5.26 Å². The van der Waals surface area contributed by atoms with Crippen LogP contribution in [0, 0.1) is 16.7 Å². The molecule has 98 valence electrons. The van der Waals surface area contributed by atoms with Crippen molar-refractivity contribution in [1.82, 2.24) is 9.80 Å². The molecule has 0 aliphatic carbocycles. The second-order valence-corrected chi connectivity index (χ2v) is 6.18. The first-order valence-corrected chi connectivity index (χ1v) is 6.78. The molecular weight excluding hydrogens is 210 g/mol. The monoisotopic (exact) mass is 237 g/mol. The molecule has 1 heterocycles. The van der Waals surface area contributed by atoms with Gasteiger partial charge in [0.25, 0.3) is 0 Å². The van der Waals surface area contributed by atoms with E-state index in [-0.39, 0.29) is 0 Å². The average molecular weight is 237 g/mol. The lowest BCUT2D eigenvalue weighted by atomic mass is 9.92. The van der Waals surface area contributed by atoms with E-state index in [2.05, 4.69) is 43.7 Å². The smallest absolute Gasteiger partial charge is 0.0638 e. The Morgan fingerprint density at radius 3 is 2.65 bits per heavy atom. The molecule has 1 aliphatic heterocycles. The molecule has 1 atom stereocenters. The van der Waals surface area contributed by atoms with Crippen molar-refractivity contribution in [3.8, 4) is 6.07 Å². The summed E-state index contributed by atoms with van der Waals surface area (Å²) >= 11 is 0. The third-order valence-electron chi connectivity index (χ3n) is 3.58. The molecule has 0 amide bonds. The van der Waals surface area contributed by atoms with E-state index < -0.39 is 0 Å². The van der Waals surface area contributed by atoms with Crippen molar-refractivity contribution in [3.63, 3.8) is 0 Å². The number of nitriles is 1. The summed E-state index contributed by atoms with van der Waals surface area (Å²) in [6, 6.07) is 2.73. The van der Waals surface area contributed by atoms with Gasteiger partial charge in [-0.2, -0.15) is 5.26 Å². The number of rotatable bonds is 4. The van der Waals surface area contributed by atoms with Gasteiger partial charge in [-0.25, -0.2) is 0 Å². The zero-order chi connectivity index (χ0) is 12.9. The molecule has 1 saturated heterocycles. The van der Waals surface area contributed by atoms with Gasteiger partial charge < -0.3 is 9.80 Å². The summed E-state index contributed by atoms with van der Waals surface area (Å²) in [6.45, 7) is 11.4. The summed E-state index contributed by atoms with van der Waals surface area (Å²) in [5.41, 5.74) is 0.326. The van der Waals surface area contributed by atoms with Gasteiger partial charge in [-0.05, 0) is 25.4 Å². The highest BCUT2D eigenvalue weighted by Gasteiger charge is 2.31. The molecule has 0 aromatic carbocycles. The zero-order valence-corrected chi connectivity index (χ0v) is 11.9. The Bertz CT molecular complexity index is 267. The van der Waals surface area contributed by atoms with Crippen LogP contribution in [0.3, 0.4) is 0 Å². The van der Waals surface area contributed by atoms with Crippen molar-refractivity contribution < 1.29 is 0 Å². The normalized spacial score (nSPS) is 26.4. The molecule has 0 N–H and O–H groups in total. The predicted octanol–water partition coefficient (Wildman–Crippen LogP) is 2.34. The summed E-state index contributed by atoms with van der Waals surface area (Å²) in [7, 11) is 2.16. The van der Waals surface area contributed by atoms with Crippen molar-refractivity contribution in [2.75, 3.05) is 33.2 Å². The lowest BCUT2D eigenvalue weighted by molar-refractivity contribution is 0.190. The van der Waals surface area contributed by atoms with E-state index in [1.54, 1.807) is 0 Å². The van der Waals surface area contributed by atoms with Gasteiger partial charge >= 0.3 is 0 Å². The molecule has 17 heavy (non-hydrogen) atoms. The number of hydrogen-bond donors (Lipinski definition) is 0. The fourth-order valence-electron chi connectivity index (χ4n) is 2.84. The Morgan fingerprint density at radius 2 is 2.06 bits per heavy atom. The van der Waals surface area contributed by atoms with Gasteiger partial charge in [0.15, 0.2) is 0 Å².